The number of benzene rings is 1. The third-order valence-corrected chi connectivity index (χ3v) is 7.95. The Labute approximate surface area is 214 Å². The van der Waals surface area contributed by atoms with Crippen molar-refractivity contribution in [2.75, 3.05) is 42.9 Å². The van der Waals surface area contributed by atoms with Crippen molar-refractivity contribution in [3.05, 3.63) is 48.2 Å². The highest BCUT2D eigenvalue weighted by Gasteiger charge is 2.30. The van der Waals surface area contributed by atoms with Gasteiger partial charge in [0.25, 0.3) is 5.91 Å². The Bertz CT molecular complexity index is 1050. The van der Waals surface area contributed by atoms with Crippen LogP contribution in [0.4, 0.5) is 17.2 Å². The summed E-state index contributed by atoms with van der Waals surface area (Å²) >= 11 is 0. The Morgan fingerprint density at radius 1 is 0.944 bits per heavy atom. The molecule has 3 aliphatic heterocycles. The van der Waals surface area contributed by atoms with Crippen molar-refractivity contribution in [3.63, 3.8) is 0 Å². The first-order valence-electron chi connectivity index (χ1n) is 13.9. The first-order chi connectivity index (χ1) is 17.7. The molecule has 1 aromatic heterocycles. The average molecular weight is 490 g/mol. The number of amides is 2. The first kappa shape index (κ1) is 24.9. The molecule has 0 spiro atoms. The maximum atomic E-state index is 13.6. The molecular weight excluding hydrogens is 450 g/mol. The van der Waals surface area contributed by atoms with Crippen molar-refractivity contribution < 1.29 is 9.59 Å². The second-order valence-corrected chi connectivity index (χ2v) is 10.4. The molecule has 7 nitrogen and oxygen atoms in total. The number of likely N-dealkylation sites (tertiary alicyclic amines) is 2. The molecule has 192 valence electrons. The van der Waals surface area contributed by atoms with Crippen LogP contribution >= 0.6 is 0 Å². The number of carbonyl (C=O) groups excluding carboxylic acids is 2. The molecule has 36 heavy (non-hydrogen) atoms. The molecule has 0 saturated carbocycles. The number of nitrogens with one attached hydrogen (secondary N) is 1. The zero-order valence-corrected chi connectivity index (χ0v) is 21.3. The molecule has 0 radical (unpaired) electrons. The first-order valence-corrected chi connectivity index (χ1v) is 13.9. The normalized spacial score (nSPS) is 21.2. The molecule has 5 rings (SSSR count). The summed E-state index contributed by atoms with van der Waals surface area (Å²) in [7, 11) is 0. The highest BCUT2D eigenvalue weighted by Crippen LogP contribution is 2.36. The number of para-hydroxylation sites is 1. The average Bonchev–Trinajstić information content (AvgIpc) is 3.24. The zero-order valence-electron chi connectivity index (χ0n) is 21.3. The molecule has 4 heterocycles. The van der Waals surface area contributed by atoms with Crippen LogP contribution < -0.4 is 10.2 Å². The van der Waals surface area contributed by atoms with Gasteiger partial charge in [-0.1, -0.05) is 31.4 Å². The molecule has 2 amide bonds. The van der Waals surface area contributed by atoms with Crippen LogP contribution in [0.25, 0.3) is 0 Å². The van der Waals surface area contributed by atoms with E-state index in [4.69, 9.17) is 0 Å². The molecule has 2 saturated heterocycles. The van der Waals surface area contributed by atoms with Gasteiger partial charge in [0.1, 0.15) is 0 Å². The lowest BCUT2D eigenvalue weighted by Gasteiger charge is -2.37. The van der Waals surface area contributed by atoms with Crippen molar-refractivity contribution in [2.24, 2.45) is 0 Å². The van der Waals surface area contributed by atoms with Gasteiger partial charge in [0.05, 0.1) is 16.9 Å². The SMILES string of the molecule is O=C1Nc2cccnc2N(C(=O)CCCN2CCCCC2CCN2CCCCCC2)c2ccccc21. The van der Waals surface area contributed by atoms with Crippen molar-refractivity contribution in [1.29, 1.82) is 0 Å². The van der Waals surface area contributed by atoms with Gasteiger partial charge in [0.2, 0.25) is 5.91 Å². The van der Waals surface area contributed by atoms with Crippen LogP contribution in [-0.2, 0) is 4.79 Å². The van der Waals surface area contributed by atoms with E-state index in [-0.39, 0.29) is 11.8 Å². The van der Waals surface area contributed by atoms with Crippen LogP contribution in [0.3, 0.4) is 0 Å². The number of aromatic nitrogens is 1. The largest absolute Gasteiger partial charge is 0.319 e. The third kappa shape index (κ3) is 5.79. The van der Waals surface area contributed by atoms with Gasteiger partial charge in [-0.2, -0.15) is 0 Å². The fraction of sp³-hybridized carbons (Fsp3) is 0.552. The summed E-state index contributed by atoms with van der Waals surface area (Å²) in [6.07, 6.45) is 13.4. The number of anilines is 3. The lowest BCUT2D eigenvalue weighted by molar-refractivity contribution is -0.118. The van der Waals surface area contributed by atoms with E-state index in [2.05, 4.69) is 20.1 Å². The number of nitrogens with zero attached hydrogens (tertiary/aromatic N) is 4. The number of fused-ring (bicyclic) bond motifs is 2. The molecular formula is C29H39N5O2. The molecule has 2 fully saturated rings. The van der Waals surface area contributed by atoms with E-state index < -0.39 is 0 Å². The summed E-state index contributed by atoms with van der Waals surface area (Å²) in [5, 5.41) is 2.91. The van der Waals surface area contributed by atoms with Crippen molar-refractivity contribution in [2.45, 2.75) is 70.3 Å². The molecule has 0 aliphatic carbocycles. The van der Waals surface area contributed by atoms with Crippen LogP contribution in [0.1, 0.15) is 74.6 Å². The summed E-state index contributed by atoms with van der Waals surface area (Å²) in [6.45, 7) is 5.79. The van der Waals surface area contributed by atoms with E-state index in [1.807, 2.05) is 18.2 Å². The Morgan fingerprint density at radius 2 is 1.75 bits per heavy atom. The summed E-state index contributed by atoms with van der Waals surface area (Å²) in [6, 6.07) is 11.5. The minimum absolute atomic E-state index is 0.0166. The number of hydrogen-bond acceptors (Lipinski definition) is 5. The number of hydrogen-bond donors (Lipinski definition) is 1. The number of pyridine rings is 1. The molecule has 7 heteroatoms. The van der Waals surface area contributed by atoms with Gasteiger partial charge in [0, 0.05) is 18.7 Å². The number of carbonyl (C=O) groups is 2. The van der Waals surface area contributed by atoms with E-state index in [0.717, 1.165) is 19.5 Å². The van der Waals surface area contributed by atoms with E-state index in [0.29, 0.717) is 35.2 Å². The quantitative estimate of drug-likeness (QED) is 0.578. The van der Waals surface area contributed by atoms with Crippen molar-refractivity contribution >= 4 is 29.0 Å². The Balaban J connectivity index is 1.22. The van der Waals surface area contributed by atoms with E-state index in [1.54, 1.807) is 29.3 Å². The molecule has 1 aromatic carbocycles. The molecule has 0 bridgehead atoms. The predicted molar refractivity (Wildman–Crippen MR) is 144 cm³/mol. The highest BCUT2D eigenvalue weighted by molar-refractivity contribution is 6.17. The number of piperidine rings is 1. The smallest absolute Gasteiger partial charge is 0.257 e. The summed E-state index contributed by atoms with van der Waals surface area (Å²) in [4.78, 5) is 37.8. The van der Waals surface area contributed by atoms with Gasteiger partial charge in [-0.05, 0) is 95.5 Å². The lowest BCUT2D eigenvalue weighted by atomic mass is 9.98. The summed E-state index contributed by atoms with van der Waals surface area (Å²) in [5.41, 5.74) is 1.66. The van der Waals surface area contributed by atoms with Gasteiger partial charge in [-0.15, -0.1) is 0 Å². The van der Waals surface area contributed by atoms with Gasteiger partial charge in [0.15, 0.2) is 5.82 Å². The maximum absolute atomic E-state index is 13.6. The van der Waals surface area contributed by atoms with Crippen LogP contribution in [0.5, 0.6) is 0 Å². The fourth-order valence-electron chi connectivity index (χ4n) is 6.01. The topological polar surface area (TPSA) is 68.8 Å². The Morgan fingerprint density at radius 3 is 2.61 bits per heavy atom. The monoisotopic (exact) mass is 489 g/mol. The van der Waals surface area contributed by atoms with Crippen LogP contribution in [-0.4, -0.2) is 65.4 Å². The maximum Gasteiger partial charge on any atom is 0.257 e. The second-order valence-electron chi connectivity index (χ2n) is 10.4. The second kappa shape index (κ2) is 12.0. The zero-order chi connectivity index (χ0) is 24.7. The molecule has 1 unspecified atom stereocenters. The van der Waals surface area contributed by atoms with Gasteiger partial charge in [-0.25, -0.2) is 4.98 Å². The van der Waals surface area contributed by atoms with Gasteiger partial charge < -0.3 is 15.1 Å². The number of rotatable bonds is 7. The highest BCUT2D eigenvalue weighted by atomic mass is 16.2. The Hall–Kier alpha value is -2.77. The Kier molecular flexibility index (Phi) is 8.29. The standard InChI is InChI=1S/C29H39N5O2/c35-27(34-26-14-4-3-12-24(26)29(36)31-25-13-9-17-30-28(25)34)15-10-21-33-20-8-5-11-23(33)16-22-32-18-6-1-2-7-19-32/h3-4,9,12-14,17,23H,1-2,5-8,10-11,15-16,18-22H2,(H,31,36). The summed E-state index contributed by atoms with van der Waals surface area (Å²) in [5.74, 6) is 0.266. The van der Waals surface area contributed by atoms with Crippen LogP contribution in [0, 0.1) is 0 Å². The van der Waals surface area contributed by atoms with Crippen molar-refractivity contribution in [1.82, 2.24) is 14.8 Å². The van der Waals surface area contributed by atoms with Crippen LogP contribution in [0.15, 0.2) is 42.6 Å². The fourth-order valence-corrected chi connectivity index (χ4v) is 6.01. The van der Waals surface area contributed by atoms with Crippen LogP contribution in [0.2, 0.25) is 0 Å². The summed E-state index contributed by atoms with van der Waals surface area (Å²) < 4.78 is 0. The predicted octanol–water partition coefficient (Wildman–Crippen LogP) is 5.21. The molecule has 3 aliphatic rings. The minimum Gasteiger partial charge on any atom is -0.319 e. The molecule has 1 N–H and O–H groups in total. The molecule has 1 atom stereocenters. The van der Waals surface area contributed by atoms with Gasteiger partial charge in [-0.3, -0.25) is 14.5 Å². The molecule has 2 aromatic rings. The third-order valence-electron chi connectivity index (χ3n) is 7.95. The van der Waals surface area contributed by atoms with E-state index in [9.17, 15) is 9.59 Å². The van der Waals surface area contributed by atoms with Gasteiger partial charge >= 0.3 is 0 Å². The van der Waals surface area contributed by atoms with Crippen molar-refractivity contribution in [3.8, 4) is 0 Å². The lowest BCUT2D eigenvalue weighted by Crippen LogP contribution is -2.42. The minimum atomic E-state index is -0.212. The van der Waals surface area contributed by atoms with E-state index >= 15 is 0 Å². The van der Waals surface area contributed by atoms with E-state index in [1.165, 1.54) is 71.0 Å².